The van der Waals surface area contributed by atoms with E-state index in [0.29, 0.717) is 6.54 Å². The van der Waals surface area contributed by atoms with E-state index >= 15 is 0 Å². The number of pyridine rings is 1. The van der Waals surface area contributed by atoms with Crippen molar-refractivity contribution in [1.29, 1.82) is 0 Å². The Balaban J connectivity index is 1.67. The summed E-state index contributed by atoms with van der Waals surface area (Å²) >= 11 is 1.64. The van der Waals surface area contributed by atoms with Crippen molar-refractivity contribution < 1.29 is 4.52 Å². The lowest BCUT2D eigenvalue weighted by molar-refractivity contribution is 0.392. The van der Waals surface area contributed by atoms with Crippen LogP contribution in [0.15, 0.2) is 64.5 Å². The van der Waals surface area contributed by atoms with Gasteiger partial charge in [-0.2, -0.15) is 0 Å². The number of thioether (sulfide) groups is 1. The van der Waals surface area contributed by atoms with E-state index in [1.165, 1.54) is 5.56 Å². The van der Waals surface area contributed by atoms with Crippen molar-refractivity contribution in [3.63, 3.8) is 0 Å². The molecule has 0 fully saturated rings. The molecule has 0 aliphatic carbocycles. The molecule has 0 amide bonds. The second-order valence-electron chi connectivity index (χ2n) is 6.21. The van der Waals surface area contributed by atoms with Gasteiger partial charge in [0, 0.05) is 29.3 Å². The summed E-state index contributed by atoms with van der Waals surface area (Å²) in [5.41, 5.74) is 4.17. The van der Waals surface area contributed by atoms with Crippen LogP contribution in [0.25, 0.3) is 11.4 Å². The number of aryl methyl sites for hydroxylation is 2. The Morgan fingerprint density at radius 1 is 1.04 bits per heavy atom. The van der Waals surface area contributed by atoms with Crippen LogP contribution in [0.4, 0.5) is 0 Å². The third-order valence-electron chi connectivity index (χ3n) is 4.35. The number of rotatable bonds is 6. The Labute approximate surface area is 161 Å². The largest absolute Gasteiger partial charge is 0.361 e. The summed E-state index contributed by atoms with van der Waals surface area (Å²) in [7, 11) is 0. The number of benzene rings is 1. The van der Waals surface area contributed by atoms with Crippen LogP contribution in [0.2, 0.25) is 0 Å². The van der Waals surface area contributed by atoms with Crippen LogP contribution in [0.1, 0.15) is 22.6 Å². The van der Waals surface area contributed by atoms with Crippen molar-refractivity contribution in [2.75, 3.05) is 0 Å². The van der Waals surface area contributed by atoms with Crippen LogP contribution in [-0.2, 0) is 12.3 Å². The minimum atomic E-state index is 0.696. The number of nitrogens with zero attached hydrogens (tertiary/aromatic N) is 5. The first-order chi connectivity index (χ1) is 13.2. The fourth-order valence-corrected chi connectivity index (χ4v) is 3.95. The Kier molecular flexibility index (Phi) is 5.02. The molecule has 3 aromatic heterocycles. The molecule has 27 heavy (non-hydrogen) atoms. The summed E-state index contributed by atoms with van der Waals surface area (Å²) in [5, 5.41) is 13.8. The van der Waals surface area contributed by atoms with Gasteiger partial charge in [-0.25, -0.2) is 0 Å². The summed E-state index contributed by atoms with van der Waals surface area (Å²) in [5.74, 6) is 2.40. The number of hydrogen-bond acceptors (Lipinski definition) is 6. The first kappa shape index (κ1) is 17.5. The van der Waals surface area contributed by atoms with E-state index in [2.05, 4.69) is 37.0 Å². The molecule has 0 unspecified atom stereocenters. The highest BCUT2D eigenvalue weighted by Gasteiger charge is 2.17. The SMILES string of the molecule is Cc1noc(C)c1CSc1nnc(-c2cccnc2)n1Cc1ccccc1. The maximum Gasteiger partial charge on any atom is 0.192 e. The maximum absolute atomic E-state index is 5.27. The molecule has 0 spiro atoms. The third kappa shape index (κ3) is 3.78. The summed E-state index contributed by atoms with van der Waals surface area (Å²) in [6.45, 7) is 4.59. The Hall–Kier alpha value is -2.93. The van der Waals surface area contributed by atoms with Gasteiger partial charge in [0.2, 0.25) is 0 Å². The van der Waals surface area contributed by atoms with Crippen LogP contribution in [0, 0.1) is 13.8 Å². The Morgan fingerprint density at radius 2 is 1.89 bits per heavy atom. The molecule has 3 heterocycles. The highest BCUT2D eigenvalue weighted by atomic mass is 32.2. The molecule has 0 bridgehead atoms. The smallest absolute Gasteiger partial charge is 0.192 e. The molecule has 0 aliphatic heterocycles. The lowest BCUT2D eigenvalue weighted by atomic mass is 10.2. The topological polar surface area (TPSA) is 69.6 Å². The second kappa shape index (κ2) is 7.75. The number of hydrogen-bond donors (Lipinski definition) is 0. The van der Waals surface area contributed by atoms with Crippen LogP contribution in [-0.4, -0.2) is 24.9 Å². The molecular weight excluding hydrogens is 358 g/mol. The fraction of sp³-hybridized carbons (Fsp3) is 0.200. The van der Waals surface area contributed by atoms with E-state index in [-0.39, 0.29) is 0 Å². The zero-order chi connectivity index (χ0) is 18.6. The van der Waals surface area contributed by atoms with E-state index in [9.17, 15) is 0 Å². The molecule has 0 N–H and O–H groups in total. The zero-order valence-corrected chi connectivity index (χ0v) is 16.0. The van der Waals surface area contributed by atoms with Crippen LogP contribution >= 0.6 is 11.8 Å². The van der Waals surface area contributed by atoms with Crippen molar-refractivity contribution in [1.82, 2.24) is 24.9 Å². The standard InChI is InChI=1S/C20H19N5OS/c1-14-18(15(2)26-24-14)13-27-20-23-22-19(17-9-6-10-21-11-17)25(20)12-16-7-4-3-5-8-16/h3-11H,12-13H2,1-2H3. The molecule has 136 valence electrons. The minimum Gasteiger partial charge on any atom is -0.361 e. The second-order valence-corrected chi connectivity index (χ2v) is 7.15. The van der Waals surface area contributed by atoms with Gasteiger partial charge in [-0.15, -0.1) is 10.2 Å². The minimum absolute atomic E-state index is 0.696. The summed E-state index contributed by atoms with van der Waals surface area (Å²) in [4.78, 5) is 4.22. The predicted octanol–water partition coefficient (Wildman–Crippen LogP) is 4.29. The van der Waals surface area contributed by atoms with E-state index in [4.69, 9.17) is 4.52 Å². The quantitative estimate of drug-likeness (QED) is 0.467. The fourth-order valence-electron chi connectivity index (χ4n) is 2.86. The van der Waals surface area contributed by atoms with Crippen molar-refractivity contribution in [2.45, 2.75) is 31.3 Å². The molecule has 0 aliphatic rings. The number of aromatic nitrogens is 5. The summed E-state index contributed by atoms with van der Waals surface area (Å²) in [6, 6.07) is 14.2. The monoisotopic (exact) mass is 377 g/mol. The zero-order valence-electron chi connectivity index (χ0n) is 15.2. The molecule has 4 rings (SSSR count). The van der Waals surface area contributed by atoms with Gasteiger partial charge in [0.1, 0.15) is 5.76 Å². The van der Waals surface area contributed by atoms with Crippen molar-refractivity contribution in [3.05, 3.63) is 77.4 Å². The Morgan fingerprint density at radius 3 is 2.59 bits per heavy atom. The van der Waals surface area contributed by atoms with Crippen LogP contribution < -0.4 is 0 Å². The van der Waals surface area contributed by atoms with Gasteiger partial charge < -0.3 is 4.52 Å². The van der Waals surface area contributed by atoms with E-state index in [1.807, 2.05) is 50.4 Å². The highest BCUT2D eigenvalue weighted by Crippen LogP contribution is 2.28. The van der Waals surface area contributed by atoms with E-state index in [0.717, 1.165) is 39.3 Å². The normalized spacial score (nSPS) is 11.0. The average molecular weight is 377 g/mol. The highest BCUT2D eigenvalue weighted by molar-refractivity contribution is 7.98. The molecule has 0 radical (unpaired) electrons. The maximum atomic E-state index is 5.27. The molecule has 6 nitrogen and oxygen atoms in total. The van der Waals surface area contributed by atoms with Gasteiger partial charge in [-0.05, 0) is 31.5 Å². The molecule has 7 heteroatoms. The van der Waals surface area contributed by atoms with E-state index in [1.54, 1.807) is 18.0 Å². The molecule has 0 saturated heterocycles. The van der Waals surface area contributed by atoms with Gasteiger partial charge in [0.15, 0.2) is 11.0 Å². The van der Waals surface area contributed by atoms with Crippen LogP contribution in [0.5, 0.6) is 0 Å². The summed E-state index contributed by atoms with van der Waals surface area (Å²) < 4.78 is 7.40. The Bertz CT molecular complexity index is 1010. The van der Waals surface area contributed by atoms with Gasteiger partial charge in [0.25, 0.3) is 0 Å². The molecule has 1 aromatic carbocycles. The molecular formula is C20H19N5OS. The lowest BCUT2D eigenvalue weighted by Gasteiger charge is -2.10. The first-order valence-corrected chi connectivity index (χ1v) is 9.63. The molecule has 4 aromatic rings. The van der Waals surface area contributed by atoms with Crippen molar-refractivity contribution in [2.24, 2.45) is 0 Å². The predicted molar refractivity (Wildman–Crippen MR) is 104 cm³/mol. The average Bonchev–Trinajstić information content (AvgIpc) is 3.24. The van der Waals surface area contributed by atoms with Gasteiger partial charge in [-0.3, -0.25) is 9.55 Å². The van der Waals surface area contributed by atoms with E-state index < -0.39 is 0 Å². The van der Waals surface area contributed by atoms with Gasteiger partial charge in [0.05, 0.1) is 12.2 Å². The first-order valence-electron chi connectivity index (χ1n) is 8.64. The lowest BCUT2D eigenvalue weighted by Crippen LogP contribution is -2.04. The van der Waals surface area contributed by atoms with Gasteiger partial charge in [-0.1, -0.05) is 47.3 Å². The van der Waals surface area contributed by atoms with Gasteiger partial charge >= 0.3 is 0 Å². The molecule has 0 atom stereocenters. The van der Waals surface area contributed by atoms with Crippen LogP contribution in [0.3, 0.4) is 0 Å². The summed E-state index contributed by atoms with van der Waals surface area (Å²) in [6.07, 6.45) is 3.57. The third-order valence-corrected chi connectivity index (χ3v) is 5.34. The molecule has 0 saturated carbocycles. The van der Waals surface area contributed by atoms with Crippen molar-refractivity contribution >= 4 is 11.8 Å². The van der Waals surface area contributed by atoms with Crippen molar-refractivity contribution in [3.8, 4) is 11.4 Å².